The predicted molar refractivity (Wildman–Crippen MR) is 63.2 cm³/mol. The molecule has 0 aromatic rings. The standard InChI is InChI=1S/C10H19N5O2/c1-9(2)7-10(8(11)16,3-6-17-9)13-4-5-14-15-12/h13H,3-7H2,1-2H3,(H2,11,16). The summed E-state index contributed by atoms with van der Waals surface area (Å²) in [5.74, 6) is -0.380. The van der Waals surface area contributed by atoms with Crippen LogP contribution in [0.2, 0.25) is 0 Å². The molecular formula is C10H19N5O2. The van der Waals surface area contributed by atoms with Gasteiger partial charge in [0.25, 0.3) is 0 Å². The summed E-state index contributed by atoms with van der Waals surface area (Å²) in [6, 6.07) is 0. The molecule has 7 heteroatoms. The maximum absolute atomic E-state index is 11.6. The number of rotatable bonds is 5. The number of primary amides is 1. The number of nitrogens with zero attached hydrogens (tertiary/aromatic N) is 3. The van der Waals surface area contributed by atoms with Crippen LogP contribution in [0.3, 0.4) is 0 Å². The number of hydrogen-bond acceptors (Lipinski definition) is 4. The molecule has 1 aliphatic heterocycles. The predicted octanol–water partition coefficient (Wildman–Crippen LogP) is 0.699. The topological polar surface area (TPSA) is 113 Å². The van der Waals surface area contributed by atoms with Crippen molar-refractivity contribution in [2.45, 2.75) is 37.8 Å². The van der Waals surface area contributed by atoms with Gasteiger partial charge in [0.05, 0.1) is 5.60 Å². The highest BCUT2D eigenvalue weighted by molar-refractivity contribution is 5.85. The summed E-state index contributed by atoms with van der Waals surface area (Å²) in [6.07, 6.45) is 1.06. The van der Waals surface area contributed by atoms with E-state index >= 15 is 0 Å². The third-order valence-corrected chi connectivity index (χ3v) is 2.96. The van der Waals surface area contributed by atoms with Crippen LogP contribution in [0.25, 0.3) is 10.4 Å². The van der Waals surface area contributed by atoms with E-state index in [9.17, 15) is 4.79 Å². The minimum Gasteiger partial charge on any atom is -0.375 e. The normalized spacial score (nSPS) is 27.2. The summed E-state index contributed by atoms with van der Waals surface area (Å²) < 4.78 is 5.57. The van der Waals surface area contributed by atoms with Gasteiger partial charge in [-0.05, 0) is 25.8 Å². The molecule has 1 unspecified atom stereocenters. The minimum absolute atomic E-state index is 0.298. The van der Waals surface area contributed by atoms with Gasteiger partial charge in [-0.3, -0.25) is 4.79 Å². The SMILES string of the molecule is CC1(C)CC(NCCN=[N+]=[N-])(C(N)=O)CCO1. The van der Waals surface area contributed by atoms with Gasteiger partial charge in [-0.1, -0.05) is 5.11 Å². The van der Waals surface area contributed by atoms with Gasteiger partial charge in [0.2, 0.25) is 5.91 Å². The van der Waals surface area contributed by atoms with E-state index in [2.05, 4.69) is 15.3 Å². The average Bonchev–Trinajstić information content (AvgIpc) is 2.23. The molecule has 0 saturated carbocycles. The fourth-order valence-corrected chi connectivity index (χ4v) is 2.21. The number of nitrogens with one attached hydrogen (secondary N) is 1. The summed E-state index contributed by atoms with van der Waals surface area (Å²) in [5, 5.41) is 6.52. The van der Waals surface area contributed by atoms with Crippen LogP contribution in [-0.2, 0) is 9.53 Å². The van der Waals surface area contributed by atoms with Crippen molar-refractivity contribution in [3.63, 3.8) is 0 Å². The maximum Gasteiger partial charge on any atom is 0.237 e. The molecule has 7 nitrogen and oxygen atoms in total. The fourth-order valence-electron chi connectivity index (χ4n) is 2.21. The van der Waals surface area contributed by atoms with Crippen molar-refractivity contribution in [2.24, 2.45) is 10.8 Å². The van der Waals surface area contributed by atoms with Crippen LogP contribution >= 0.6 is 0 Å². The molecule has 0 aromatic carbocycles. The summed E-state index contributed by atoms with van der Waals surface area (Å²) in [5.41, 5.74) is 12.5. The van der Waals surface area contributed by atoms with E-state index in [1.54, 1.807) is 0 Å². The Morgan fingerprint density at radius 2 is 2.35 bits per heavy atom. The zero-order valence-electron chi connectivity index (χ0n) is 10.3. The molecule has 1 fully saturated rings. The quantitative estimate of drug-likeness (QED) is 0.319. The van der Waals surface area contributed by atoms with Gasteiger partial charge in [-0.25, -0.2) is 0 Å². The van der Waals surface area contributed by atoms with Gasteiger partial charge in [-0.15, -0.1) is 0 Å². The lowest BCUT2D eigenvalue weighted by Crippen LogP contribution is -2.62. The smallest absolute Gasteiger partial charge is 0.237 e. The molecule has 1 amide bonds. The molecule has 0 radical (unpaired) electrons. The second-order valence-electron chi connectivity index (χ2n) is 4.86. The minimum atomic E-state index is -0.757. The molecule has 1 heterocycles. The van der Waals surface area contributed by atoms with Crippen molar-refractivity contribution >= 4 is 5.91 Å². The van der Waals surface area contributed by atoms with Crippen LogP contribution in [0.1, 0.15) is 26.7 Å². The van der Waals surface area contributed by atoms with Crippen LogP contribution < -0.4 is 11.1 Å². The summed E-state index contributed by atoms with van der Waals surface area (Å²) in [6.45, 7) is 5.08. The zero-order chi connectivity index (χ0) is 12.9. The first kappa shape index (κ1) is 13.8. The second kappa shape index (κ2) is 5.35. The third-order valence-electron chi connectivity index (χ3n) is 2.96. The Kier molecular flexibility index (Phi) is 4.34. The highest BCUT2D eigenvalue weighted by atomic mass is 16.5. The van der Waals surface area contributed by atoms with E-state index in [0.29, 0.717) is 32.5 Å². The van der Waals surface area contributed by atoms with Crippen LogP contribution in [0.5, 0.6) is 0 Å². The molecule has 0 aromatic heterocycles. The zero-order valence-corrected chi connectivity index (χ0v) is 10.3. The first-order chi connectivity index (χ1) is 7.92. The number of carbonyl (C=O) groups is 1. The van der Waals surface area contributed by atoms with Crippen LogP contribution in [0.4, 0.5) is 0 Å². The molecule has 0 aliphatic carbocycles. The van der Waals surface area contributed by atoms with Gasteiger partial charge in [0.1, 0.15) is 5.54 Å². The summed E-state index contributed by atoms with van der Waals surface area (Å²) in [4.78, 5) is 14.3. The number of carbonyl (C=O) groups excluding carboxylic acids is 1. The monoisotopic (exact) mass is 241 g/mol. The first-order valence-corrected chi connectivity index (χ1v) is 5.62. The molecule has 1 saturated heterocycles. The first-order valence-electron chi connectivity index (χ1n) is 5.62. The Hall–Kier alpha value is -1.30. The van der Waals surface area contributed by atoms with Gasteiger partial charge in [0, 0.05) is 31.0 Å². The van der Waals surface area contributed by atoms with Crippen LogP contribution in [0.15, 0.2) is 5.11 Å². The summed E-state index contributed by atoms with van der Waals surface area (Å²) >= 11 is 0. The van der Waals surface area contributed by atoms with Crippen molar-refractivity contribution < 1.29 is 9.53 Å². The summed E-state index contributed by atoms with van der Waals surface area (Å²) in [7, 11) is 0. The molecule has 1 aliphatic rings. The van der Waals surface area contributed by atoms with Crippen molar-refractivity contribution in [1.29, 1.82) is 0 Å². The Balaban J connectivity index is 2.68. The van der Waals surface area contributed by atoms with Crippen molar-refractivity contribution in [1.82, 2.24) is 5.32 Å². The number of azide groups is 1. The van der Waals surface area contributed by atoms with Gasteiger partial charge in [0.15, 0.2) is 0 Å². The molecule has 1 atom stereocenters. The lowest BCUT2D eigenvalue weighted by atomic mass is 9.80. The van der Waals surface area contributed by atoms with Crippen molar-refractivity contribution in [2.75, 3.05) is 19.7 Å². The van der Waals surface area contributed by atoms with Crippen LogP contribution in [0, 0.1) is 0 Å². The molecule has 0 spiro atoms. The van der Waals surface area contributed by atoms with Gasteiger partial charge >= 0.3 is 0 Å². The Bertz CT molecular complexity index is 338. The third kappa shape index (κ3) is 3.59. The molecule has 0 bridgehead atoms. The number of hydrogen-bond donors (Lipinski definition) is 2. The van der Waals surface area contributed by atoms with E-state index in [0.717, 1.165) is 0 Å². The Morgan fingerprint density at radius 3 is 2.88 bits per heavy atom. The molecule has 96 valence electrons. The van der Waals surface area contributed by atoms with Crippen molar-refractivity contribution in [3.05, 3.63) is 10.4 Å². The molecular weight excluding hydrogens is 222 g/mol. The number of ether oxygens (including phenoxy) is 1. The maximum atomic E-state index is 11.6. The lowest BCUT2D eigenvalue weighted by molar-refractivity contribution is -0.138. The van der Waals surface area contributed by atoms with Crippen LogP contribution in [-0.4, -0.2) is 36.7 Å². The molecule has 3 N–H and O–H groups in total. The van der Waals surface area contributed by atoms with E-state index in [-0.39, 0.29) is 11.5 Å². The van der Waals surface area contributed by atoms with Gasteiger partial charge < -0.3 is 15.8 Å². The molecule has 17 heavy (non-hydrogen) atoms. The van der Waals surface area contributed by atoms with Gasteiger partial charge in [-0.2, -0.15) is 0 Å². The Morgan fingerprint density at radius 1 is 1.65 bits per heavy atom. The number of nitrogens with two attached hydrogens (primary N) is 1. The lowest BCUT2D eigenvalue weighted by Gasteiger charge is -2.43. The number of amides is 1. The Labute approximate surface area is 100 Å². The van der Waals surface area contributed by atoms with E-state index < -0.39 is 5.54 Å². The second-order valence-corrected chi connectivity index (χ2v) is 4.86. The average molecular weight is 241 g/mol. The van der Waals surface area contributed by atoms with E-state index in [1.165, 1.54) is 0 Å². The highest BCUT2D eigenvalue weighted by Gasteiger charge is 2.44. The molecule has 1 rings (SSSR count). The fraction of sp³-hybridized carbons (Fsp3) is 0.900. The van der Waals surface area contributed by atoms with E-state index in [1.807, 2.05) is 13.8 Å². The highest BCUT2D eigenvalue weighted by Crippen LogP contribution is 2.31. The van der Waals surface area contributed by atoms with E-state index in [4.69, 9.17) is 16.0 Å². The van der Waals surface area contributed by atoms with Crippen molar-refractivity contribution in [3.8, 4) is 0 Å². The largest absolute Gasteiger partial charge is 0.375 e.